The molecule has 1 aliphatic heterocycles. The zero-order chi connectivity index (χ0) is 10.3. The second kappa shape index (κ2) is 2.92. The first kappa shape index (κ1) is 8.90. The van der Waals surface area contributed by atoms with Crippen molar-refractivity contribution in [3.63, 3.8) is 0 Å². The average Bonchev–Trinajstić information content (AvgIpc) is 2.10. The highest BCUT2D eigenvalue weighted by Crippen LogP contribution is 2.29. The maximum atomic E-state index is 3.91. The Bertz CT molecular complexity index is 472. The van der Waals surface area contributed by atoms with Crippen LogP contribution in [0.25, 0.3) is 0 Å². The molecule has 14 heavy (non-hydrogen) atoms. The van der Waals surface area contributed by atoms with Crippen LogP contribution < -0.4 is 4.90 Å². The van der Waals surface area contributed by atoms with E-state index in [0.29, 0.717) is 0 Å². The molecule has 0 aromatic heterocycles. The molecule has 0 aliphatic carbocycles. The number of benzene rings is 1. The molecule has 0 amide bonds. The van der Waals surface area contributed by atoms with Gasteiger partial charge in [0.25, 0.3) is 0 Å². The van der Waals surface area contributed by atoms with E-state index in [1.807, 2.05) is 7.05 Å². The van der Waals surface area contributed by atoms with E-state index in [9.17, 15) is 0 Å². The van der Waals surface area contributed by atoms with E-state index in [1.54, 1.807) is 0 Å². The minimum Gasteiger partial charge on any atom is -0.337 e. The first-order chi connectivity index (χ1) is 6.59. The Hall–Kier alpha value is -1.68. The van der Waals surface area contributed by atoms with Crippen molar-refractivity contribution in [1.29, 1.82) is 0 Å². The standard InChI is InChI=1S/C13H13N/c1-9-7-10(2)13-12(8-9)6-5-11(3)14(13)4/h7-8H,3H2,1-2,4H3. The van der Waals surface area contributed by atoms with E-state index in [4.69, 9.17) is 0 Å². The van der Waals surface area contributed by atoms with E-state index < -0.39 is 0 Å². The molecule has 0 saturated heterocycles. The topological polar surface area (TPSA) is 3.24 Å². The van der Waals surface area contributed by atoms with Gasteiger partial charge in [-0.2, -0.15) is 0 Å². The number of rotatable bonds is 0. The molecule has 0 N–H and O–H groups in total. The number of anilines is 1. The predicted molar refractivity (Wildman–Crippen MR) is 60.3 cm³/mol. The van der Waals surface area contributed by atoms with Crippen molar-refractivity contribution >= 4 is 5.69 Å². The van der Waals surface area contributed by atoms with Crippen LogP contribution in [0.15, 0.2) is 24.4 Å². The van der Waals surface area contributed by atoms with Crippen molar-refractivity contribution in [3.8, 4) is 11.8 Å². The fourth-order valence-corrected chi connectivity index (χ4v) is 1.86. The van der Waals surface area contributed by atoms with E-state index in [2.05, 4.69) is 49.3 Å². The molecule has 1 heterocycles. The Morgan fingerprint density at radius 3 is 2.64 bits per heavy atom. The number of aryl methyl sites for hydroxylation is 2. The molecular formula is C13H13N. The molecule has 0 unspecified atom stereocenters. The molecule has 1 heteroatoms. The lowest BCUT2D eigenvalue weighted by molar-refractivity contribution is 1.12. The fraction of sp³-hybridized carbons (Fsp3) is 0.231. The van der Waals surface area contributed by atoms with Crippen LogP contribution in [0.4, 0.5) is 5.69 Å². The maximum Gasteiger partial charge on any atom is 0.0852 e. The van der Waals surface area contributed by atoms with Crippen molar-refractivity contribution in [1.82, 2.24) is 0 Å². The Balaban J connectivity index is 2.73. The van der Waals surface area contributed by atoms with Gasteiger partial charge in [0.1, 0.15) is 0 Å². The number of hydrogen-bond acceptors (Lipinski definition) is 1. The number of fused-ring (bicyclic) bond motifs is 1. The van der Waals surface area contributed by atoms with Gasteiger partial charge in [-0.25, -0.2) is 0 Å². The van der Waals surface area contributed by atoms with Crippen LogP contribution in [0.3, 0.4) is 0 Å². The molecule has 1 aromatic rings. The summed E-state index contributed by atoms with van der Waals surface area (Å²) in [5, 5.41) is 0. The van der Waals surface area contributed by atoms with Crippen molar-refractivity contribution in [2.24, 2.45) is 0 Å². The van der Waals surface area contributed by atoms with Crippen molar-refractivity contribution in [2.75, 3.05) is 11.9 Å². The number of allylic oxidation sites excluding steroid dienone is 1. The van der Waals surface area contributed by atoms with Crippen LogP contribution in [0.1, 0.15) is 16.7 Å². The monoisotopic (exact) mass is 183 g/mol. The molecule has 1 aliphatic rings. The summed E-state index contributed by atoms with van der Waals surface area (Å²) in [5.74, 6) is 6.16. The van der Waals surface area contributed by atoms with Gasteiger partial charge in [-0.05, 0) is 37.0 Å². The Kier molecular flexibility index (Phi) is 1.86. The molecule has 0 atom stereocenters. The summed E-state index contributed by atoms with van der Waals surface area (Å²) in [6, 6.07) is 4.30. The number of hydrogen-bond donors (Lipinski definition) is 0. The third-order valence-corrected chi connectivity index (χ3v) is 2.53. The van der Waals surface area contributed by atoms with Crippen LogP contribution in [0.5, 0.6) is 0 Å². The lowest BCUT2D eigenvalue weighted by Crippen LogP contribution is -2.19. The van der Waals surface area contributed by atoms with Crippen molar-refractivity contribution in [2.45, 2.75) is 13.8 Å². The summed E-state index contributed by atoms with van der Waals surface area (Å²) in [5.41, 5.74) is 5.69. The lowest BCUT2D eigenvalue weighted by Gasteiger charge is -2.25. The summed E-state index contributed by atoms with van der Waals surface area (Å²) in [7, 11) is 2.01. The molecule has 1 aromatic carbocycles. The molecule has 0 radical (unpaired) electrons. The lowest BCUT2D eigenvalue weighted by atomic mass is 10.0. The van der Waals surface area contributed by atoms with Gasteiger partial charge in [-0.15, -0.1) is 0 Å². The maximum absolute atomic E-state index is 3.91. The molecule has 0 saturated carbocycles. The van der Waals surface area contributed by atoms with Crippen LogP contribution in [-0.2, 0) is 0 Å². The van der Waals surface area contributed by atoms with Gasteiger partial charge in [-0.3, -0.25) is 0 Å². The largest absolute Gasteiger partial charge is 0.337 e. The van der Waals surface area contributed by atoms with Crippen LogP contribution in [0.2, 0.25) is 0 Å². The highest BCUT2D eigenvalue weighted by atomic mass is 15.1. The Labute approximate surface area is 85.0 Å². The first-order valence-electron chi connectivity index (χ1n) is 4.65. The highest BCUT2D eigenvalue weighted by molar-refractivity contribution is 5.73. The van der Waals surface area contributed by atoms with Gasteiger partial charge in [0.2, 0.25) is 0 Å². The minimum absolute atomic E-state index is 0.865. The third-order valence-electron chi connectivity index (χ3n) is 2.53. The van der Waals surface area contributed by atoms with Crippen molar-refractivity contribution in [3.05, 3.63) is 41.1 Å². The van der Waals surface area contributed by atoms with E-state index >= 15 is 0 Å². The molecule has 70 valence electrons. The normalized spacial score (nSPS) is 13.4. The molecule has 2 rings (SSSR count). The smallest absolute Gasteiger partial charge is 0.0852 e. The van der Waals surface area contributed by atoms with Crippen molar-refractivity contribution < 1.29 is 0 Å². The zero-order valence-electron chi connectivity index (χ0n) is 8.81. The number of nitrogens with zero attached hydrogens (tertiary/aromatic N) is 1. The summed E-state index contributed by atoms with van der Waals surface area (Å²) >= 11 is 0. The summed E-state index contributed by atoms with van der Waals surface area (Å²) < 4.78 is 0. The summed E-state index contributed by atoms with van der Waals surface area (Å²) in [4.78, 5) is 2.06. The zero-order valence-corrected chi connectivity index (χ0v) is 8.81. The van der Waals surface area contributed by atoms with Gasteiger partial charge in [0.05, 0.1) is 11.4 Å². The van der Waals surface area contributed by atoms with Gasteiger partial charge in [0, 0.05) is 12.6 Å². The second-order valence-electron chi connectivity index (χ2n) is 3.73. The molecule has 0 fully saturated rings. The highest BCUT2D eigenvalue weighted by Gasteiger charge is 2.14. The van der Waals surface area contributed by atoms with Gasteiger partial charge in [-0.1, -0.05) is 18.6 Å². The minimum atomic E-state index is 0.865. The van der Waals surface area contributed by atoms with Gasteiger partial charge < -0.3 is 4.90 Å². The van der Waals surface area contributed by atoms with Crippen LogP contribution >= 0.6 is 0 Å². The van der Waals surface area contributed by atoms with E-state index in [-0.39, 0.29) is 0 Å². The second-order valence-corrected chi connectivity index (χ2v) is 3.73. The van der Waals surface area contributed by atoms with E-state index in [0.717, 1.165) is 11.3 Å². The SMILES string of the molecule is C=C1C#Cc2cc(C)cc(C)c2N1C. The molecular weight excluding hydrogens is 170 g/mol. The van der Waals surface area contributed by atoms with Crippen LogP contribution in [-0.4, -0.2) is 7.05 Å². The quantitative estimate of drug-likeness (QED) is 0.559. The van der Waals surface area contributed by atoms with Gasteiger partial charge >= 0.3 is 0 Å². The third kappa shape index (κ3) is 1.20. The Morgan fingerprint density at radius 1 is 1.21 bits per heavy atom. The summed E-state index contributed by atoms with van der Waals surface area (Å²) in [6.45, 7) is 8.12. The Morgan fingerprint density at radius 2 is 1.93 bits per heavy atom. The first-order valence-corrected chi connectivity index (χ1v) is 4.65. The van der Waals surface area contributed by atoms with Crippen LogP contribution in [0, 0.1) is 25.7 Å². The molecule has 0 spiro atoms. The molecule has 1 nitrogen and oxygen atoms in total. The predicted octanol–water partition coefficient (Wildman–Crippen LogP) is 2.62. The summed E-state index contributed by atoms with van der Waals surface area (Å²) in [6.07, 6.45) is 0. The average molecular weight is 183 g/mol. The fourth-order valence-electron chi connectivity index (χ4n) is 1.86. The van der Waals surface area contributed by atoms with E-state index in [1.165, 1.54) is 16.8 Å². The van der Waals surface area contributed by atoms with Gasteiger partial charge in [0.15, 0.2) is 0 Å². The molecule has 0 bridgehead atoms.